The summed E-state index contributed by atoms with van der Waals surface area (Å²) in [6.07, 6.45) is 7.61. The van der Waals surface area contributed by atoms with Gasteiger partial charge in [0.15, 0.2) is 0 Å². The minimum atomic E-state index is -0.810. The number of benzene rings is 3. The molecule has 4 atom stereocenters. The Morgan fingerprint density at radius 1 is 0.830 bits per heavy atom. The monoisotopic (exact) mass is 634 g/mol. The first-order valence-electron chi connectivity index (χ1n) is 16.9. The highest BCUT2D eigenvalue weighted by Crippen LogP contribution is 2.31. The first kappa shape index (κ1) is 32.5. The summed E-state index contributed by atoms with van der Waals surface area (Å²) in [5.41, 5.74) is 7.23. The molecule has 1 aliphatic heterocycles. The minimum absolute atomic E-state index is 0.0130. The van der Waals surface area contributed by atoms with Gasteiger partial charge in [-0.05, 0) is 98.2 Å². The minimum Gasteiger partial charge on any atom is -0.444 e. The van der Waals surface area contributed by atoms with E-state index in [0.717, 1.165) is 60.8 Å². The van der Waals surface area contributed by atoms with E-state index < -0.39 is 23.8 Å². The van der Waals surface area contributed by atoms with Crippen molar-refractivity contribution >= 4 is 23.5 Å². The van der Waals surface area contributed by atoms with E-state index in [4.69, 9.17) is 4.74 Å². The van der Waals surface area contributed by atoms with Crippen LogP contribution in [0.5, 0.6) is 0 Å². The van der Waals surface area contributed by atoms with E-state index in [-0.39, 0.29) is 23.9 Å². The Morgan fingerprint density at radius 3 is 2.04 bits per heavy atom. The van der Waals surface area contributed by atoms with Crippen LogP contribution in [0.1, 0.15) is 91.9 Å². The number of aryl methyl sites for hydroxylation is 2. The Balaban J connectivity index is 1.11. The molecular formula is C39H46N4O4. The van der Waals surface area contributed by atoms with Crippen molar-refractivity contribution in [2.45, 2.75) is 95.5 Å². The Kier molecular flexibility index (Phi) is 9.78. The third-order valence-electron chi connectivity index (χ3n) is 9.31. The lowest BCUT2D eigenvalue weighted by Crippen LogP contribution is -2.50. The molecule has 6 rings (SSSR count). The molecule has 0 unspecified atom stereocenters. The van der Waals surface area contributed by atoms with Gasteiger partial charge in [0.25, 0.3) is 0 Å². The van der Waals surface area contributed by atoms with E-state index in [1.54, 1.807) is 20.8 Å². The summed E-state index contributed by atoms with van der Waals surface area (Å²) in [7, 11) is 0. The molecule has 47 heavy (non-hydrogen) atoms. The Labute approximate surface area is 277 Å². The van der Waals surface area contributed by atoms with E-state index in [1.165, 1.54) is 16.7 Å². The molecule has 0 aromatic heterocycles. The predicted octanol–water partition coefficient (Wildman–Crippen LogP) is 5.87. The molecule has 0 saturated heterocycles. The summed E-state index contributed by atoms with van der Waals surface area (Å²) >= 11 is 0. The van der Waals surface area contributed by atoms with Crippen molar-refractivity contribution < 1.29 is 19.1 Å². The van der Waals surface area contributed by atoms with Crippen molar-refractivity contribution in [3.63, 3.8) is 0 Å². The zero-order valence-electron chi connectivity index (χ0n) is 27.6. The average molecular weight is 635 g/mol. The van der Waals surface area contributed by atoms with Gasteiger partial charge >= 0.3 is 6.09 Å². The SMILES string of the molecule is CC(C)(C)OC(=O)N[C@@H](Cc1ccc(C2=C[C@@H](C(=O)N[C@@H]3CCCc4ccccc43)NC2)cc1)C(=O)N[C@@H]1CCCc2ccccc21. The van der Waals surface area contributed by atoms with Gasteiger partial charge in [0.1, 0.15) is 17.7 Å². The van der Waals surface area contributed by atoms with Crippen LogP contribution in [0.25, 0.3) is 5.57 Å². The number of carbonyl (C=O) groups is 3. The summed E-state index contributed by atoms with van der Waals surface area (Å²) < 4.78 is 5.51. The molecule has 1 heterocycles. The zero-order valence-corrected chi connectivity index (χ0v) is 27.6. The number of ether oxygens (including phenoxy) is 1. The first-order chi connectivity index (χ1) is 22.6. The van der Waals surface area contributed by atoms with E-state index in [0.29, 0.717) is 13.0 Å². The molecular weight excluding hydrogens is 588 g/mol. The fraction of sp³-hybridized carbons (Fsp3) is 0.410. The molecule has 0 bridgehead atoms. The molecule has 8 nitrogen and oxygen atoms in total. The standard InChI is InChI=1S/C39H46N4O4/c1-39(2,3)47-38(46)43-35(37(45)42-33-17-9-13-28-11-5-7-15-31(28)33)22-25-18-20-26(21-19-25)29-23-34(40-24-29)36(44)41-32-16-8-12-27-10-4-6-14-30(27)32/h4-7,10-11,14-15,18-21,23,32-35,40H,8-9,12-13,16-17,22,24H2,1-3H3,(H,41,44)(H,42,45)(H,43,46)/t32-,33-,34+,35+/m1/s1. The van der Waals surface area contributed by atoms with Crippen molar-refractivity contribution in [2.75, 3.05) is 6.54 Å². The topological polar surface area (TPSA) is 109 Å². The lowest BCUT2D eigenvalue weighted by atomic mass is 9.87. The highest BCUT2D eigenvalue weighted by atomic mass is 16.6. The number of hydrogen-bond donors (Lipinski definition) is 4. The van der Waals surface area contributed by atoms with Gasteiger partial charge in [-0.2, -0.15) is 0 Å². The molecule has 246 valence electrons. The van der Waals surface area contributed by atoms with Gasteiger partial charge in [-0.15, -0.1) is 0 Å². The summed E-state index contributed by atoms with van der Waals surface area (Å²) in [6, 6.07) is 23.3. The van der Waals surface area contributed by atoms with Gasteiger partial charge in [-0.3, -0.25) is 14.9 Å². The maximum absolute atomic E-state index is 13.7. The van der Waals surface area contributed by atoms with Crippen molar-refractivity contribution in [1.82, 2.24) is 21.3 Å². The molecule has 2 aliphatic carbocycles. The Bertz CT molecular complexity index is 1640. The van der Waals surface area contributed by atoms with Crippen molar-refractivity contribution in [1.29, 1.82) is 0 Å². The third kappa shape index (κ3) is 8.11. The molecule has 3 aliphatic rings. The normalized spacial score (nSPS) is 21.0. The highest BCUT2D eigenvalue weighted by molar-refractivity contribution is 5.89. The first-order valence-corrected chi connectivity index (χ1v) is 16.9. The quantitative estimate of drug-likeness (QED) is 0.248. The number of alkyl carbamates (subject to hydrolysis) is 1. The predicted molar refractivity (Wildman–Crippen MR) is 184 cm³/mol. The second kappa shape index (κ2) is 14.1. The number of carbonyl (C=O) groups excluding carboxylic acids is 3. The molecule has 0 saturated carbocycles. The fourth-order valence-electron chi connectivity index (χ4n) is 7.00. The lowest BCUT2D eigenvalue weighted by molar-refractivity contribution is -0.124. The van der Waals surface area contributed by atoms with E-state index in [2.05, 4.69) is 51.6 Å². The number of hydrogen-bond acceptors (Lipinski definition) is 5. The molecule has 3 aromatic carbocycles. The van der Waals surface area contributed by atoms with Crippen LogP contribution in [0, 0.1) is 0 Å². The van der Waals surface area contributed by atoms with Crippen LogP contribution in [0.4, 0.5) is 4.79 Å². The smallest absolute Gasteiger partial charge is 0.408 e. The molecule has 3 aromatic rings. The number of amides is 3. The van der Waals surface area contributed by atoms with Crippen molar-refractivity contribution in [3.8, 4) is 0 Å². The van der Waals surface area contributed by atoms with Gasteiger partial charge in [0.05, 0.1) is 12.1 Å². The second-order valence-electron chi connectivity index (χ2n) is 14.0. The van der Waals surface area contributed by atoms with Crippen LogP contribution in [-0.2, 0) is 33.6 Å². The summed E-state index contributed by atoms with van der Waals surface area (Å²) in [6.45, 7) is 5.99. The Morgan fingerprint density at radius 2 is 1.43 bits per heavy atom. The number of nitrogens with one attached hydrogen (secondary N) is 4. The third-order valence-corrected chi connectivity index (χ3v) is 9.31. The van der Waals surface area contributed by atoms with Crippen LogP contribution in [0.3, 0.4) is 0 Å². The van der Waals surface area contributed by atoms with Crippen molar-refractivity contribution in [3.05, 3.63) is 112 Å². The second-order valence-corrected chi connectivity index (χ2v) is 14.0. The van der Waals surface area contributed by atoms with E-state index >= 15 is 0 Å². The van der Waals surface area contributed by atoms with Gasteiger partial charge in [-0.1, -0.05) is 78.9 Å². The highest BCUT2D eigenvalue weighted by Gasteiger charge is 2.30. The van der Waals surface area contributed by atoms with Crippen LogP contribution in [0.15, 0.2) is 78.9 Å². The maximum Gasteiger partial charge on any atom is 0.408 e. The van der Waals surface area contributed by atoms with Crippen LogP contribution < -0.4 is 21.3 Å². The molecule has 3 amide bonds. The summed E-state index contributed by atoms with van der Waals surface area (Å²) in [5, 5.41) is 12.6. The number of rotatable bonds is 8. The summed E-state index contributed by atoms with van der Waals surface area (Å²) in [5.74, 6) is -0.250. The zero-order chi connectivity index (χ0) is 33.0. The lowest BCUT2D eigenvalue weighted by Gasteiger charge is -2.29. The molecule has 0 spiro atoms. The van der Waals surface area contributed by atoms with Crippen LogP contribution in [0.2, 0.25) is 0 Å². The molecule has 0 fully saturated rings. The molecule has 0 radical (unpaired) electrons. The van der Waals surface area contributed by atoms with Gasteiger partial charge in [0, 0.05) is 13.0 Å². The number of fused-ring (bicyclic) bond motifs is 2. The molecule has 8 heteroatoms. The van der Waals surface area contributed by atoms with Crippen LogP contribution >= 0.6 is 0 Å². The fourth-order valence-corrected chi connectivity index (χ4v) is 7.00. The van der Waals surface area contributed by atoms with Gasteiger partial charge in [-0.25, -0.2) is 4.79 Å². The van der Waals surface area contributed by atoms with Gasteiger partial charge in [0.2, 0.25) is 11.8 Å². The van der Waals surface area contributed by atoms with Gasteiger partial charge < -0.3 is 20.7 Å². The maximum atomic E-state index is 13.7. The Hall–Kier alpha value is -4.43. The van der Waals surface area contributed by atoms with Crippen molar-refractivity contribution in [2.24, 2.45) is 0 Å². The molecule has 4 N–H and O–H groups in total. The van der Waals surface area contributed by atoms with E-state index in [9.17, 15) is 14.4 Å². The average Bonchev–Trinajstić information content (AvgIpc) is 3.55. The summed E-state index contributed by atoms with van der Waals surface area (Å²) in [4.78, 5) is 39.7. The largest absolute Gasteiger partial charge is 0.444 e. The van der Waals surface area contributed by atoms with E-state index in [1.807, 2.05) is 48.5 Å². The van der Waals surface area contributed by atoms with Crippen LogP contribution in [-0.4, -0.2) is 42.1 Å².